The predicted molar refractivity (Wildman–Crippen MR) is 89.8 cm³/mol. The van der Waals surface area contributed by atoms with Crippen molar-refractivity contribution >= 4 is 23.5 Å². The maximum Gasteiger partial charge on any atom is 0.316 e. The molecule has 0 spiro atoms. The molecular weight excluding hydrogens is 332 g/mol. The quantitative estimate of drug-likeness (QED) is 0.892. The monoisotopic (exact) mass is 350 g/mol. The number of carbonyl (C=O) groups excluding carboxylic acids is 1. The van der Waals surface area contributed by atoms with Gasteiger partial charge >= 0.3 is 6.01 Å². The molecule has 2 heterocycles. The first kappa shape index (κ1) is 16.7. The number of carbonyl (C=O) groups is 1. The molecule has 1 amide bonds. The van der Waals surface area contributed by atoms with Gasteiger partial charge in [0, 0.05) is 24.2 Å². The Balaban J connectivity index is 1.62. The van der Waals surface area contributed by atoms with E-state index in [4.69, 9.17) is 20.8 Å². The smallest absolute Gasteiger partial charge is 0.316 e. The van der Waals surface area contributed by atoms with Crippen LogP contribution in [0.5, 0.6) is 0 Å². The van der Waals surface area contributed by atoms with Crippen LogP contribution in [0.3, 0.4) is 0 Å². The van der Waals surface area contributed by atoms with Gasteiger partial charge in [-0.15, -0.1) is 5.10 Å². The molecule has 0 bridgehead atoms. The minimum atomic E-state index is -0.469. The van der Waals surface area contributed by atoms with Gasteiger partial charge < -0.3 is 19.4 Å². The van der Waals surface area contributed by atoms with E-state index < -0.39 is 6.04 Å². The number of ether oxygens (including phenoxy) is 1. The van der Waals surface area contributed by atoms with Crippen LogP contribution in [0, 0.1) is 0 Å². The Morgan fingerprint density at radius 3 is 2.75 bits per heavy atom. The summed E-state index contributed by atoms with van der Waals surface area (Å²) < 4.78 is 10.8. The molecule has 8 heteroatoms. The zero-order valence-corrected chi connectivity index (χ0v) is 14.4. The Bertz CT molecular complexity index is 718. The number of methoxy groups -OCH3 is 1. The van der Waals surface area contributed by atoms with Crippen LogP contribution in [-0.2, 0) is 9.53 Å². The minimum absolute atomic E-state index is 0.0259. The molecule has 1 fully saturated rings. The summed E-state index contributed by atoms with van der Waals surface area (Å²) in [5, 5.41) is 11.5. The van der Waals surface area contributed by atoms with Crippen LogP contribution in [0.15, 0.2) is 28.7 Å². The zero-order chi connectivity index (χ0) is 17.3. The van der Waals surface area contributed by atoms with Gasteiger partial charge in [0.15, 0.2) is 0 Å². The van der Waals surface area contributed by atoms with Crippen molar-refractivity contribution in [1.82, 2.24) is 15.1 Å². The van der Waals surface area contributed by atoms with Crippen LogP contribution in [0.4, 0.5) is 6.01 Å². The average Bonchev–Trinajstić information content (AvgIpc) is 3.02. The Kier molecular flexibility index (Phi) is 4.73. The van der Waals surface area contributed by atoms with Crippen LogP contribution >= 0.6 is 11.6 Å². The molecule has 0 unspecified atom stereocenters. The number of benzene rings is 1. The van der Waals surface area contributed by atoms with Crippen molar-refractivity contribution in [2.45, 2.75) is 32.0 Å². The van der Waals surface area contributed by atoms with E-state index in [2.05, 4.69) is 15.5 Å². The fourth-order valence-corrected chi connectivity index (χ4v) is 2.75. The number of hydrogen-bond acceptors (Lipinski definition) is 6. The number of likely N-dealkylation sites (tertiary alicyclic amines) is 1. The second kappa shape index (κ2) is 6.78. The minimum Gasteiger partial charge on any atom is -0.403 e. The molecule has 7 nitrogen and oxygen atoms in total. The Hall–Kier alpha value is -2.12. The van der Waals surface area contributed by atoms with Gasteiger partial charge in [0.1, 0.15) is 6.04 Å². The third-order valence-electron chi connectivity index (χ3n) is 4.22. The van der Waals surface area contributed by atoms with Crippen molar-refractivity contribution < 1.29 is 13.9 Å². The molecule has 1 aliphatic heterocycles. The van der Waals surface area contributed by atoms with Crippen molar-refractivity contribution in [3.05, 3.63) is 29.3 Å². The van der Waals surface area contributed by atoms with E-state index in [1.807, 2.05) is 6.92 Å². The lowest BCUT2D eigenvalue weighted by Gasteiger charge is -2.46. The van der Waals surface area contributed by atoms with E-state index in [1.54, 1.807) is 43.2 Å². The Labute approximate surface area is 144 Å². The van der Waals surface area contributed by atoms with E-state index in [-0.39, 0.29) is 24.1 Å². The highest BCUT2D eigenvalue weighted by atomic mass is 35.5. The van der Waals surface area contributed by atoms with Crippen LogP contribution in [0.2, 0.25) is 5.02 Å². The lowest BCUT2D eigenvalue weighted by molar-refractivity contribution is -0.152. The number of rotatable bonds is 5. The van der Waals surface area contributed by atoms with Crippen LogP contribution in [-0.4, -0.2) is 52.8 Å². The molecule has 1 N–H and O–H groups in total. The molecule has 0 aliphatic carbocycles. The first-order chi connectivity index (χ1) is 11.5. The van der Waals surface area contributed by atoms with Crippen molar-refractivity contribution in [3.8, 4) is 11.5 Å². The highest BCUT2D eigenvalue weighted by Crippen LogP contribution is 2.24. The molecule has 24 heavy (non-hydrogen) atoms. The molecule has 1 aromatic carbocycles. The molecule has 1 aromatic heterocycles. The fraction of sp³-hybridized carbons (Fsp3) is 0.438. The highest BCUT2D eigenvalue weighted by molar-refractivity contribution is 6.30. The summed E-state index contributed by atoms with van der Waals surface area (Å²) in [6.07, 6.45) is 0.0982. The zero-order valence-electron chi connectivity index (χ0n) is 13.7. The van der Waals surface area contributed by atoms with Gasteiger partial charge in [-0.25, -0.2) is 0 Å². The van der Waals surface area contributed by atoms with E-state index in [1.165, 1.54) is 0 Å². The molecule has 0 radical (unpaired) electrons. The standard InChI is InChI=1S/C16H19ClN4O3/c1-9(15(22)21-8-13(23-3)10(21)2)18-16-20-19-14(24-16)11-4-6-12(17)7-5-11/h4-7,9-10,13H,8H2,1-3H3,(H,18,20)/t9-,10+,13-/m1/s1. The average molecular weight is 351 g/mol. The van der Waals surface area contributed by atoms with Gasteiger partial charge in [-0.05, 0) is 38.1 Å². The molecule has 3 atom stereocenters. The summed E-state index contributed by atoms with van der Waals surface area (Å²) in [4.78, 5) is 14.2. The van der Waals surface area contributed by atoms with Gasteiger partial charge in [0.05, 0.1) is 12.1 Å². The van der Waals surface area contributed by atoms with E-state index in [0.717, 1.165) is 5.56 Å². The Morgan fingerprint density at radius 2 is 2.12 bits per heavy atom. The number of nitrogens with one attached hydrogen (secondary N) is 1. The molecule has 1 saturated heterocycles. The van der Waals surface area contributed by atoms with Gasteiger partial charge in [0.25, 0.3) is 0 Å². The maximum absolute atomic E-state index is 12.4. The molecular formula is C16H19ClN4O3. The second-order valence-electron chi connectivity index (χ2n) is 5.79. The summed E-state index contributed by atoms with van der Waals surface area (Å²) in [5.74, 6) is 0.340. The molecule has 3 rings (SSSR count). The third kappa shape index (κ3) is 3.22. The summed E-state index contributed by atoms with van der Waals surface area (Å²) >= 11 is 5.86. The number of anilines is 1. The van der Waals surface area contributed by atoms with Crippen molar-refractivity contribution in [3.63, 3.8) is 0 Å². The first-order valence-corrected chi connectivity index (χ1v) is 8.06. The van der Waals surface area contributed by atoms with Crippen molar-refractivity contribution in [1.29, 1.82) is 0 Å². The summed E-state index contributed by atoms with van der Waals surface area (Å²) in [6, 6.07) is 6.89. The van der Waals surface area contributed by atoms with E-state index >= 15 is 0 Å². The van der Waals surface area contributed by atoms with Crippen LogP contribution in [0.25, 0.3) is 11.5 Å². The van der Waals surface area contributed by atoms with E-state index in [0.29, 0.717) is 17.5 Å². The van der Waals surface area contributed by atoms with Gasteiger partial charge in [-0.2, -0.15) is 0 Å². The van der Waals surface area contributed by atoms with Gasteiger partial charge in [-0.1, -0.05) is 16.7 Å². The van der Waals surface area contributed by atoms with Gasteiger partial charge in [0.2, 0.25) is 11.8 Å². The number of aromatic nitrogens is 2. The number of halogens is 1. The van der Waals surface area contributed by atoms with Crippen LogP contribution < -0.4 is 5.32 Å². The summed E-state index contributed by atoms with van der Waals surface area (Å²) in [6.45, 7) is 4.33. The highest BCUT2D eigenvalue weighted by Gasteiger charge is 2.40. The molecule has 1 aliphatic rings. The normalized spacial score (nSPS) is 21.2. The lowest BCUT2D eigenvalue weighted by atomic mass is 10.00. The lowest BCUT2D eigenvalue weighted by Crippen LogP contribution is -2.63. The van der Waals surface area contributed by atoms with Gasteiger partial charge in [-0.3, -0.25) is 4.79 Å². The van der Waals surface area contributed by atoms with Crippen molar-refractivity contribution in [2.75, 3.05) is 19.0 Å². The van der Waals surface area contributed by atoms with E-state index in [9.17, 15) is 4.79 Å². The van der Waals surface area contributed by atoms with Crippen LogP contribution in [0.1, 0.15) is 13.8 Å². The summed E-state index contributed by atoms with van der Waals surface area (Å²) in [7, 11) is 1.65. The fourth-order valence-electron chi connectivity index (χ4n) is 2.62. The van der Waals surface area contributed by atoms with Crippen molar-refractivity contribution in [2.24, 2.45) is 0 Å². The number of hydrogen-bond donors (Lipinski definition) is 1. The SMILES string of the molecule is CO[C@@H]1CN(C(=O)[C@@H](C)Nc2nnc(-c3ccc(Cl)cc3)o2)[C@H]1C. The molecule has 0 saturated carbocycles. The maximum atomic E-state index is 12.4. The first-order valence-electron chi connectivity index (χ1n) is 7.69. The predicted octanol–water partition coefficient (Wildman–Crippen LogP) is 2.44. The molecule has 128 valence electrons. The second-order valence-corrected chi connectivity index (χ2v) is 6.23. The topological polar surface area (TPSA) is 80.5 Å². The summed E-state index contributed by atoms with van der Waals surface area (Å²) in [5.41, 5.74) is 0.762. The number of nitrogens with zero attached hydrogens (tertiary/aromatic N) is 3. The largest absolute Gasteiger partial charge is 0.403 e. The third-order valence-corrected chi connectivity index (χ3v) is 4.47. The number of amides is 1. The Morgan fingerprint density at radius 1 is 1.42 bits per heavy atom. The molecule has 2 aromatic rings.